The van der Waals surface area contributed by atoms with Gasteiger partial charge in [0.25, 0.3) is 5.91 Å². The maximum absolute atomic E-state index is 12.5. The zero-order chi connectivity index (χ0) is 19.1. The van der Waals surface area contributed by atoms with Crippen LogP contribution < -0.4 is 10.1 Å². The van der Waals surface area contributed by atoms with Crippen LogP contribution in [-0.4, -0.2) is 36.9 Å². The number of carbonyl (C=O) groups excluding carboxylic acids is 2. The van der Waals surface area contributed by atoms with Crippen LogP contribution in [0, 0.1) is 5.92 Å². The van der Waals surface area contributed by atoms with Crippen molar-refractivity contribution >= 4 is 11.8 Å². The van der Waals surface area contributed by atoms with Crippen molar-refractivity contribution in [2.75, 3.05) is 20.2 Å². The maximum Gasteiger partial charge on any atom is 0.253 e. The lowest BCUT2D eigenvalue weighted by molar-refractivity contribution is -0.122. The van der Waals surface area contributed by atoms with Crippen molar-refractivity contribution in [3.8, 4) is 5.75 Å². The molecule has 5 nitrogen and oxygen atoms in total. The molecule has 142 valence electrons. The smallest absolute Gasteiger partial charge is 0.253 e. The van der Waals surface area contributed by atoms with Crippen molar-refractivity contribution in [3.05, 3.63) is 65.7 Å². The number of benzene rings is 2. The molecule has 1 fully saturated rings. The van der Waals surface area contributed by atoms with E-state index in [4.69, 9.17) is 4.74 Å². The number of likely N-dealkylation sites (tertiary alicyclic amines) is 1. The number of ether oxygens (including phenoxy) is 1. The first-order valence-corrected chi connectivity index (χ1v) is 9.39. The number of nitrogens with zero attached hydrogens (tertiary/aromatic N) is 1. The molecule has 1 heterocycles. The summed E-state index contributed by atoms with van der Waals surface area (Å²) in [7, 11) is 1.63. The fraction of sp³-hybridized carbons (Fsp3) is 0.364. The Hall–Kier alpha value is -2.82. The molecule has 5 heteroatoms. The summed E-state index contributed by atoms with van der Waals surface area (Å²) in [6.07, 6.45) is 2.26. The number of methoxy groups -OCH3 is 1. The third kappa shape index (κ3) is 5.33. The zero-order valence-electron chi connectivity index (χ0n) is 15.7. The molecule has 1 aliphatic rings. The molecule has 2 aromatic rings. The Kier molecular flexibility index (Phi) is 6.47. The van der Waals surface area contributed by atoms with Crippen LogP contribution in [0.3, 0.4) is 0 Å². The molecule has 2 amide bonds. The first-order chi connectivity index (χ1) is 13.2. The number of carbonyl (C=O) groups is 2. The maximum atomic E-state index is 12.5. The molecule has 1 N–H and O–H groups in total. The number of hydrogen-bond acceptors (Lipinski definition) is 3. The van der Waals surface area contributed by atoms with Gasteiger partial charge >= 0.3 is 0 Å². The van der Waals surface area contributed by atoms with Crippen LogP contribution in [0.15, 0.2) is 54.6 Å². The van der Waals surface area contributed by atoms with Crippen molar-refractivity contribution in [2.45, 2.75) is 25.8 Å². The minimum absolute atomic E-state index is 0.0682. The van der Waals surface area contributed by atoms with Crippen LogP contribution in [0.5, 0.6) is 5.75 Å². The molecule has 0 spiro atoms. The summed E-state index contributed by atoms with van der Waals surface area (Å²) in [5.41, 5.74) is 1.78. The Balaban J connectivity index is 1.40. The topological polar surface area (TPSA) is 58.6 Å². The van der Waals surface area contributed by atoms with Crippen LogP contribution in [0.25, 0.3) is 0 Å². The second kappa shape index (κ2) is 9.21. The summed E-state index contributed by atoms with van der Waals surface area (Å²) < 4.78 is 5.13. The standard InChI is InChI=1S/C22H26N2O3/c1-27-20-9-7-18(8-10-20)16-23-21(25)15-17-11-13-24(14-12-17)22(26)19-5-3-2-4-6-19/h2-10,17H,11-16H2,1H3,(H,23,25). The number of hydrogen-bond donors (Lipinski definition) is 1. The van der Waals surface area contributed by atoms with Gasteiger partial charge < -0.3 is 15.0 Å². The quantitative estimate of drug-likeness (QED) is 0.854. The molecule has 0 aromatic heterocycles. The van der Waals surface area contributed by atoms with E-state index >= 15 is 0 Å². The zero-order valence-corrected chi connectivity index (χ0v) is 15.7. The van der Waals surface area contributed by atoms with Crippen LogP contribution in [0.1, 0.15) is 35.2 Å². The largest absolute Gasteiger partial charge is 0.497 e. The highest BCUT2D eigenvalue weighted by atomic mass is 16.5. The van der Waals surface area contributed by atoms with Crippen LogP contribution in [0.4, 0.5) is 0 Å². The Labute approximate surface area is 160 Å². The lowest BCUT2D eigenvalue weighted by Gasteiger charge is -2.31. The molecule has 0 radical (unpaired) electrons. The minimum Gasteiger partial charge on any atom is -0.497 e. The Morgan fingerprint density at radius 1 is 1.04 bits per heavy atom. The number of nitrogens with one attached hydrogen (secondary N) is 1. The van der Waals surface area contributed by atoms with Gasteiger partial charge in [0, 0.05) is 31.6 Å². The van der Waals surface area contributed by atoms with E-state index < -0.39 is 0 Å². The molecule has 0 unspecified atom stereocenters. The number of amides is 2. The molecule has 1 saturated heterocycles. The van der Waals surface area contributed by atoms with Gasteiger partial charge in [0.2, 0.25) is 5.91 Å². The van der Waals surface area contributed by atoms with Crippen molar-refractivity contribution in [3.63, 3.8) is 0 Å². The van der Waals surface area contributed by atoms with Gasteiger partial charge in [-0.25, -0.2) is 0 Å². The average Bonchev–Trinajstić information content (AvgIpc) is 2.73. The molecule has 1 aliphatic heterocycles. The normalized spacial score (nSPS) is 14.6. The molecule has 0 bridgehead atoms. The first-order valence-electron chi connectivity index (χ1n) is 9.39. The van der Waals surface area contributed by atoms with Gasteiger partial charge in [-0.1, -0.05) is 30.3 Å². The molecule has 0 atom stereocenters. The van der Waals surface area contributed by atoms with Gasteiger partial charge in [-0.05, 0) is 48.6 Å². The predicted octanol–water partition coefficient (Wildman–Crippen LogP) is 3.25. The van der Waals surface area contributed by atoms with E-state index in [0.717, 1.165) is 29.7 Å². The monoisotopic (exact) mass is 366 g/mol. The molecular weight excluding hydrogens is 340 g/mol. The molecule has 0 saturated carbocycles. The third-order valence-corrected chi connectivity index (χ3v) is 5.05. The lowest BCUT2D eigenvalue weighted by Crippen LogP contribution is -2.39. The van der Waals surface area contributed by atoms with E-state index in [0.29, 0.717) is 32.0 Å². The summed E-state index contributed by atoms with van der Waals surface area (Å²) in [4.78, 5) is 26.6. The van der Waals surface area contributed by atoms with Gasteiger partial charge in [0.1, 0.15) is 5.75 Å². The Bertz CT molecular complexity index is 751. The van der Waals surface area contributed by atoms with Crippen LogP contribution in [0.2, 0.25) is 0 Å². The van der Waals surface area contributed by atoms with Gasteiger partial charge in [0.05, 0.1) is 7.11 Å². The highest BCUT2D eigenvalue weighted by molar-refractivity contribution is 5.94. The van der Waals surface area contributed by atoms with Crippen molar-refractivity contribution < 1.29 is 14.3 Å². The highest BCUT2D eigenvalue weighted by Crippen LogP contribution is 2.22. The molecule has 27 heavy (non-hydrogen) atoms. The van der Waals surface area contributed by atoms with Crippen molar-refractivity contribution in [1.29, 1.82) is 0 Å². The summed E-state index contributed by atoms with van der Waals surface area (Å²) in [5.74, 6) is 1.29. The fourth-order valence-electron chi connectivity index (χ4n) is 3.38. The fourth-order valence-corrected chi connectivity index (χ4v) is 3.38. The minimum atomic E-state index is 0.0682. The second-order valence-corrected chi connectivity index (χ2v) is 6.93. The van der Waals surface area contributed by atoms with E-state index in [9.17, 15) is 9.59 Å². The van der Waals surface area contributed by atoms with E-state index in [1.165, 1.54) is 0 Å². The van der Waals surface area contributed by atoms with Gasteiger partial charge in [-0.3, -0.25) is 9.59 Å². The van der Waals surface area contributed by atoms with E-state index in [1.54, 1.807) is 7.11 Å². The summed E-state index contributed by atoms with van der Waals surface area (Å²) in [6, 6.07) is 17.1. The summed E-state index contributed by atoms with van der Waals surface area (Å²) >= 11 is 0. The first kappa shape index (κ1) is 19.0. The van der Waals surface area contributed by atoms with Crippen molar-refractivity contribution in [1.82, 2.24) is 10.2 Å². The predicted molar refractivity (Wildman–Crippen MR) is 105 cm³/mol. The molecule has 2 aromatic carbocycles. The number of rotatable bonds is 6. The van der Waals surface area contributed by atoms with Crippen molar-refractivity contribution in [2.24, 2.45) is 5.92 Å². The second-order valence-electron chi connectivity index (χ2n) is 6.93. The van der Waals surface area contributed by atoms with Crippen LogP contribution in [-0.2, 0) is 11.3 Å². The average molecular weight is 366 g/mol. The molecular formula is C22H26N2O3. The van der Waals surface area contributed by atoms with Gasteiger partial charge in [-0.2, -0.15) is 0 Å². The van der Waals surface area contributed by atoms with E-state index in [1.807, 2.05) is 59.5 Å². The number of piperidine rings is 1. The lowest BCUT2D eigenvalue weighted by atomic mass is 9.93. The van der Waals surface area contributed by atoms with E-state index in [-0.39, 0.29) is 11.8 Å². The SMILES string of the molecule is COc1ccc(CNC(=O)CC2CCN(C(=O)c3ccccc3)CC2)cc1. The molecule has 3 rings (SSSR count). The Morgan fingerprint density at radius 3 is 2.33 bits per heavy atom. The Morgan fingerprint density at radius 2 is 1.70 bits per heavy atom. The summed E-state index contributed by atoms with van der Waals surface area (Å²) in [6.45, 7) is 1.95. The third-order valence-electron chi connectivity index (χ3n) is 5.05. The molecule has 0 aliphatic carbocycles. The van der Waals surface area contributed by atoms with Gasteiger partial charge in [0.15, 0.2) is 0 Å². The van der Waals surface area contributed by atoms with Crippen LogP contribution >= 0.6 is 0 Å². The summed E-state index contributed by atoms with van der Waals surface area (Å²) in [5, 5.41) is 2.98. The van der Waals surface area contributed by atoms with E-state index in [2.05, 4.69) is 5.32 Å². The highest BCUT2D eigenvalue weighted by Gasteiger charge is 2.24. The van der Waals surface area contributed by atoms with Gasteiger partial charge in [-0.15, -0.1) is 0 Å².